The van der Waals surface area contributed by atoms with Crippen LogP contribution in [0.15, 0.2) is 133 Å². The van der Waals surface area contributed by atoms with Crippen molar-refractivity contribution in [2.45, 2.75) is 0 Å². The Morgan fingerprint density at radius 1 is 0.508 bits per heavy atom. The Kier molecular flexibility index (Phi) is 12.1. The van der Waals surface area contributed by atoms with Crippen LogP contribution in [0.3, 0.4) is 0 Å². The van der Waals surface area contributed by atoms with E-state index in [-0.39, 0.29) is 21.1 Å². The van der Waals surface area contributed by atoms with Crippen LogP contribution in [-0.2, 0) is 21.1 Å². The van der Waals surface area contributed by atoms with Crippen LogP contribution in [0.2, 0.25) is 0 Å². The number of benzene rings is 6. The molecule has 0 aliphatic carbocycles. The SMILES string of the molecule is [C-]#[N+]c1cc[c-]c(N2[CH-]N(CCN3[CH-]N(c4[c-]ccc(C#N)c4)C(c4ccccc4[N+]#[C-])=C3c3ccccc3[N+]#[C-])C(c3ccccc3C#N)=C2c2ccccc2C#N)c1.[Pt+4]. The fourth-order valence-electron chi connectivity index (χ4n) is 7.44. The van der Waals surface area contributed by atoms with Crippen LogP contribution < -0.4 is 9.80 Å². The van der Waals surface area contributed by atoms with Gasteiger partial charge in [0.1, 0.15) is 0 Å². The monoisotopic (exact) mass is 963 g/mol. The van der Waals surface area contributed by atoms with Gasteiger partial charge in [-0.05, 0) is 12.1 Å². The summed E-state index contributed by atoms with van der Waals surface area (Å²) in [7, 11) is 0. The molecule has 6 aromatic rings. The van der Waals surface area contributed by atoms with Gasteiger partial charge in [-0.3, -0.25) is 4.85 Å². The van der Waals surface area contributed by atoms with Crippen LogP contribution in [0.5, 0.6) is 0 Å². The Morgan fingerprint density at radius 3 is 1.48 bits per heavy atom. The maximum Gasteiger partial charge on any atom is 4.00 e. The number of hydrogen-bond acceptors (Lipinski definition) is 7. The second-order valence-corrected chi connectivity index (χ2v) is 13.4. The Hall–Kier alpha value is -8.37. The fraction of sp³-hybridized carbons (Fsp3) is 0.0400. The third-order valence-electron chi connectivity index (χ3n) is 10.1. The molecule has 0 N–H and O–H groups in total. The van der Waals surface area contributed by atoms with Crippen LogP contribution in [0.4, 0.5) is 28.4 Å². The van der Waals surface area contributed by atoms with E-state index >= 15 is 0 Å². The van der Waals surface area contributed by atoms with Crippen molar-refractivity contribution in [3.63, 3.8) is 0 Å². The van der Waals surface area contributed by atoms with E-state index in [0.29, 0.717) is 103 Å². The molecule has 0 unspecified atom stereocenters. The minimum absolute atomic E-state index is 0. The van der Waals surface area contributed by atoms with Crippen molar-refractivity contribution in [3.8, 4) is 18.2 Å². The molecule has 2 aliphatic heterocycles. The Balaban J connectivity index is 0.00000561. The van der Waals surface area contributed by atoms with E-state index in [1.54, 1.807) is 72.8 Å². The first-order valence-corrected chi connectivity index (χ1v) is 18.6. The third kappa shape index (κ3) is 7.69. The van der Waals surface area contributed by atoms with Crippen LogP contribution >= 0.6 is 0 Å². The molecule has 2 heterocycles. The van der Waals surface area contributed by atoms with Gasteiger partial charge in [-0.25, -0.2) is 9.69 Å². The van der Waals surface area contributed by atoms with Crippen molar-refractivity contribution < 1.29 is 21.1 Å². The summed E-state index contributed by atoms with van der Waals surface area (Å²) in [5.41, 5.74) is 8.76. The topological polar surface area (TPSA) is 97.4 Å². The van der Waals surface area contributed by atoms with E-state index in [2.05, 4.69) is 44.9 Å². The predicted octanol–water partition coefficient (Wildman–Crippen LogP) is 10.8. The minimum Gasteiger partial charge on any atom is -0.501 e. The first kappa shape index (κ1) is 40.8. The second kappa shape index (κ2) is 18.0. The summed E-state index contributed by atoms with van der Waals surface area (Å²) in [6, 6.07) is 52.9. The van der Waals surface area contributed by atoms with E-state index < -0.39 is 0 Å². The summed E-state index contributed by atoms with van der Waals surface area (Å²) in [5, 5.41) is 30.7. The molecule has 0 fully saturated rings. The molecule has 0 bridgehead atoms. The molecule has 0 atom stereocenters. The van der Waals surface area contributed by atoms with Gasteiger partial charge < -0.3 is 19.6 Å². The average Bonchev–Trinajstić information content (AvgIpc) is 3.89. The number of hydrogen-bond donors (Lipinski definition) is 0. The molecule has 0 saturated heterocycles. The zero-order chi connectivity index (χ0) is 41.6. The van der Waals surface area contributed by atoms with Crippen molar-refractivity contribution in [2.75, 3.05) is 22.9 Å². The number of anilines is 2. The largest absolute Gasteiger partial charge is 4.00 e. The Bertz CT molecular complexity index is 2810. The van der Waals surface area contributed by atoms with Gasteiger partial charge in [0.05, 0.1) is 54.7 Å². The standard InChI is InChI=1S/C50H28N10.Pt/c1-54-38-17-13-19-40(29-38)60-33-57(47(41-20-6-4-15-36(41)31-52)49(60)42-21-7-5-16-37(42)32-53)26-27-58-34-59(39-18-12-14-35(28-39)30-51)50(44-23-9-11-25-46(44)56-3)48(58)43-22-8-10-24-45(43)55-2;/h4-17,20-25,28-29,33-34H,26-27H2;/q-4;+4. The Morgan fingerprint density at radius 2 is 0.951 bits per heavy atom. The molecule has 8 rings (SSSR count). The molecule has 61 heavy (non-hydrogen) atoms. The molecule has 0 aromatic heterocycles. The van der Waals surface area contributed by atoms with Crippen LogP contribution in [0.25, 0.3) is 37.3 Å². The summed E-state index contributed by atoms with van der Waals surface area (Å²) in [6.45, 7) is 28.5. The first-order chi connectivity index (χ1) is 29.5. The number of rotatable bonds is 9. The number of para-hydroxylation sites is 2. The molecule has 2 aliphatic rings. The maximum atomic E-state index is 10.4. The molecule has 11 heteroatoms. The van der Waals surface area contributed by atoms with Gasteiger partial charge in [0, 0.05) is 58.1 Å². The van der Waals surface area contributed by atoms with Gasteiger partial charge in [-0.1, -0.05) is 90.5 Å². The van der Waals surface area contributed by atoms with Crippen molar-refractivity contribution in [3.05, 3.63) is 232 Å². The molecule has 6 aromatic carbocycles. The summed E-state index contributed by atoms with van der Waals surface area (Å²) in [6.07, 6.45) is 0. The second-order valence-electron chi connectivity index (χ2n) is 13.4. The summed E-state index contributed by atoms with van der Waals surface area (Å²) >= 11 is 0. The van der Waals surface area contributed by atoms with E-state index in [1.807, 2.05) is 93.6 Å². The first-order valence-electron chi connectivity index (χ1n) is 18.6. The summed E-state index contributed by atoms with van der Waals surface area (Å²) in [4.78, 5) is 19.3. The molecule has 0 radical (unpaired) electrons. The molecule has 0 saturated carbocycles. The van der Waals surface area contributed by atoms with E-state index in [1.165, 1.54) is 0 Å². The van der Waals surface area contributed by atoms with Gasteiger partial charge in [0.25, 0.3) is 0 Å². The summed E-state index contributed by atoms with van der Waals surface area (Å²) in [5.74, 6) is 0. The maximum absolute atomic E-state index is 10.4. The fourth-order valence-corrected chi connectivity index (χ4v) is 7.44. The smallest absolute Gasteiger partial charge is 0.501 e. The predicted molar refractivity (Wildman–Crippen MR) is 230 cm³/mol. The van der Waals surface area contributed by atoms with Gasteiger partial charge in [-0.2, -0.15) is 65.5 Å². The molecular formula is C50H28N10Pt. The van der Waals surface area contributed by atoms with Gasteiger partial charge in [0.2, 0.25) is 0 Å². The molecule has 0 spiro atoms. The number of nitriles is 3. The zero-order valence-electron chi connectivity index (χ0n) is 32.1. The van der Waals surface area contributed by atoms with Gasteiger partial charge in [0.15, 0.2) is 11.4 Å². The molecular weight excluding hydrogens is 936 g/mol. The van der Waals surface area contributed by atoms with Crippen LogP contribution in [0, 0.1) is 79.2 Å². The van der Waals surface area contributed by atoms with E-state index in [0.717, 1.165) is 0 Å². The van der Waals surface area contributed by atoms with E-state index in [4.69, 9.17) is 19.7 Å². The van der Waals surface area contributed by atoms with Crippen molar-refractivity contribution in [1.82, 2.24) is 9.80 Å². The average molecular weight is 964 g/mol. The molecule has 288 valence electrons. The van der Waals surface area contributed by atoms with Gasteiger partial charge in [-0.15, -0.1) is 23.5 Å². The third-order valence-corrected chi connectivity index (χ3v) is 10.1. The van der Waals surface area contributed by atoms with E-state index in [9.17, 15) is 15.8 Å². The normalized spacial score (nSPS) is 13.1. The van der Waals surface area contributed by atoms with Crippen molar-refractivity contribution >= 4 is 51.2 Å². The zero-order valence-corrected chi connectivity index (χ0v) is 34.3. The Labute approximate surface area is 369 Å². The van der Waals surface area contributed by atoms with Crippen molar-refractivity contribution in [1.29, 1.82) is 15.8 Å². The van der Waals surface area contributed by atoms with Crippen LogP contribution in [-0.4, -0.2) is 22.9 Å². The quantitative estimate of drug-likeness (QED) is 0.133. The molecule has 0 amide bonds. The van der Waals surface area contributed by atoms with Crippen molar-refractivity contribution in [2.24, 2.45) is 0 Å². The number of nitrogens with zero attached hydrogens (tertiary/aromatic N) is 10. The van der Waals surface area contributed by atoms with Crippen LogP contribution in [0.1, 0.15) is 38.9 Å². The molecule has 10 nitrogen and oxygen atoms in total. The minimum atomic E-state index is 0. The van der Waals surface area contributed by atoms with Gasteiger partial charge >= 0.3 is 21.1 Å². The summed E-state index contributed by atoms with van der Waals surface area (Å²) < 4.78 is 0.